The summed E-state index contributed by atoms with van der Waals surface area (Å²) in [5.74, 6) is -0.774. The average Bonchev–Trinajstić information content (AvgIpc) is 2.78. The summed E-state index contributed by atoms with van der Waals surface area (Å²) in [6, 6.07) is 7.17. The number of benzene rings is 1. The second-order valence-electron chi connectivity index (χ2n) is 4.32. The van der Waals surface area contributed by atoms with Gasteiger partial charge in [0.2, 0.25) is 0 Å². The van der Waals surface area contributed by atoms with Crippen LogP contribution in [0.3, 0.4) is 0 Å². The zero-order valence-corrected chi connectivity index (χ0v) is 11.0. The molecule has 2 nitrogen and oxygen atoms in total. The maximum absolute atomic E-state index is 11.3. The van der Waals surface area contributed by atoms with Gasteiger partial charge in [-0.15, -0.1) is 11.8 Å². The summed E-state index contributed by atoms with van der Waals surface area (Å²) < 4.78 is 0. The number of carbonyl (C=O) groups is 1. The molecule has 4 heteroatoms. The van der Waals surface area contributed by atoms with Crippen molar-refractivity contribution < 1.29 is 9.90 Å². The lowest BCUT2D eigenvalue weighted by atomic mass is 10.1. The van der Waals surface area contributed by atoms with Crippen LogP contribution in [0.1, 0.15) is 36.5 Å². The van der Waals surface area contributed by atoms with Crippen LogP contribution in [0.4, 0.5) is 0 Å². The van der Waals surface area contributed by atoms with Gasteiger partial charge in [0.25, 0.3) is 0 Å². The Kier molecular flexibility index (Phi) is 4.35. The molecule has 1 fully saturated rings. The number of halogens is 1. The normalized spacial score (nSPS) is 18.2. The first-order valence-electron chi connectivity index (χ1n) is 5.80. The van der Waals surface area contributed by atoms with E-state index in [9.17, 15) is 9.90 Å². The third kappa shape index (κ3) is 3.39. The molecule has 1 unspecified atom stereocenters. The number of aliphatic carboxylic acids is 1. The topological polar surface area (TPSA) is 37.3 Å². The standard InChI is InChI=1S/C13H15ClO2S/c14-10-5-3-4-9(8-10)12(13(15)16)17-11-6-1-2-7-11/h3-5,8,11-12H,1-2,6-7H2,(H,15,16). The molecular formula is C13H15ClO2S. The van der Waals surface area contributed by atoms with Crippen molar-refractivity contribution in [3.05, 3.63) is 34.9 Å². The van der Waals surface area contributed by atoms with Gasteiger partial charge in [-0.2, -0.15) is 0 Å². The lowest BCUT2D eigenvalue weighted by molar-refractivity contribution is -0.136. The van der Waals surface area contributed by atoms with Crippen LogP contribution in [0.25, 0.3) is 0 Å². The van der Waals surface area contributed by atoms with E-state index in [4.69, 9.17) is 11.6 Å². The van der Waals surface area contributed by atoms with Gasteiger partial charge in [-0.05, 0) is 30.5 Å². The van der Waals surface area contributed by atoms with E-state index in [2.05, 4.69) is 0 Å². The van der Waals surface area contributed by atoms with Gasteiger partial charge in [-0.25, -0.2) is 0 Å². The molecular weight excluding hydrogens is 256 g/mol. The molecule has 0 bridgehead atoms. The molecule has 0 saturated heterocycles. The molecule has 2 rings (SSSR count). The third-order valence-corrected chi connectivity index (χ3v) is 4.84. The molecule has 1 aliphatic rings. The zero-order valence-electron chi connectivity index (χ0n) is 9.43. The first-order chi connectivity index (χ1) is 8.16. The molecule has 0 aromatic heterocycles. The molecule has 1 aromatic carbocycles. The fourth-order valence-electron chi connectivity index (χ4n) is 2.17. The van der Waals surface area contributed by atoms with Gasteiger partial charge >= 0.3 is 5.97 Å². The highest BCUT2D eigenvalue weighted by molar-refractivity contribution is 8.00. The van der Waals surface area contributed by atoms with E-state index in [1.807, 2.05) is 12.1 Å². The molecule has 1 saturated carbocycles. The Morgan fingerprint density at radius 1 is 1.41 bits per heavy atom. The van der Waals surface area contributed by atoms with Gasteiger partial charge in [0.15, 0.2) is 0 Å². The van der Waals surface area contributed by atoms with Gasteiger partial charge in [-0.3, -0.25) is 4.79 Å². The number of carboxylic acids is 1. The summed E-state index contributed by atoms with van der Waals surface area (Å²) in [5, 5.41) is 9.90. The Labute approximate surface area is 110 Å². The lowest BCUT2D eigenvalue weighted by Gasteiger charge is -2.17. The quantitative estimate of drug-likeness (QED) is 0.893. The van der Waals surface area contributed by atoms with E-state index in [-0.39, 0.29) is 0 Å². The largest absolute Gasteiger partial charge is 0.480 e. The fourth-order valence-corrected chi connectivity index (χ4v) is 3.78. The second kappa shape index (κ2) is 5.78. The SMILES string of the molecule is O=C(O)C(SC1CCCC1)c1cccc(Cl)c1. The predicted octanol–water partition coefficient (Wildman–Crippen LogP) is 4.14. The number of rotatable bonds is 4. The van der Waals surface area contributed by atoms with Crippen molar-refractivity contribution in [1.29, 1.82) is 0 Å². The molecule has 1 aliphatic carbocycles. The van der Waals surface area contributed by atoms with Crippen molar-refractivity contribution in [2.75, 3.05) is 0 Å². The lowest BCUT2D eigenvalue weighted by Crippen LogP contribution is -2.11. The van der Waals surface area contributed by atoms with Gasteiger partial charge in [0.05, 0.1) is 0 Å². The van der Waals surface area contributed by atoms with Crippen molar-refractivity contribution in [1.82, 2.24) is 0 Å². The van der Waals surface area contributed by atoms with E-state index in [1.165, 1.54) is 12.8 Å². The van der Waals surface area contributed by atoms with Crippen LogP contribution in [-0.4, -0.2) is 16.3 Å². The van der Waals surface area contributed by atoms with Crippen molar-refractivity contribution >= 4 is 29.3 Å². The van der Waals surface area contributed by atoms with Gasteiger partial charge in [0, 0.05) is 10.3 Å². The second-order valence-corrected chi connectivity index (χ2v) is 6.16. The Balaban J connectivity index is 2.13. The summed E-state index contributed by atoms with van der Waals surface area (Å²) in [5.41, 5.74) is 0.793. The number of hydrogen-bond donors (Lipinski definition) is 1. The fraction of sp³-hybridized carbons (Fsp3) is 0.462. The predicted molar refractivity (Wildman–Crippen MR) is 71.7 cm³/mol. The van der Waals surface area contributed by atoms with Crippen molar-refractivity contribution in [3.63, 3.8) is 0 Å². The minimum Gasteiger partial charge on any atom is -0.480 e. The highest BCUT2D eigenvalue weighted by Gasteiger charge is 2.26. The first kappa shape index (κ1) is 12.8. The zero-order chi connectivity index (χ0) is 12.3. The number of hydrogen-bond acceptors (Lipinski definition) is 2. The van der Waals surface area contributed by atoms with Gasteiger partial charge in [-0.1, -0.05) is 36.6 Å². The average molecular weight is 271 g/mol. The summed E-state index contributed by atoms with van der Waals surface area (Å²) in [7, 11) is 0. The van der Waals surface area contributed by atoms with Crippen LogP contribution in [0.5, 0.6) is 0 Å². The summed E-state index contributed by atoms with van der Waals surface area (Å²) in [6.07, 6.45) is 4.71. The van der Waals surface area contributed by atoms with Crippen molar-refractivity contribution in [2.45, 2.75) is 36.2 Å². The Morgan fingerprint density at radius 2 is 2.12 bits per heavy atom. The third-order valence-electron chi connectivity index (χ3n) is 3.01. The Bertz CT molecular complexity index is 402. The highest BCUT2D eigenvalue weighted by atomic mass is 35.5. The van der Waals surface area contributed by atoms with E-state index in [0.717, 1.165) is 18.4 Å². The monoisotopic (exact) mass is 270 g/mol. The van der Waals surface area contributed by atoms with Crippen LogP contribution in [0, 0.1) is 0 Å². The van der Waals surface area contributed by atoms with Crippen molar-refractivity contribution in [3.8, 4) is 0 Å². The van der Waals surface area contributed by atoms with E-state index in [0.29, 0.717) is 10.3 Å². The molecule has 0 amide bonds. The molecule has 17 heavy (non-hydrogen) atoms. The van der Waals surface area contributed by atoms with E-state index in [1.54, 1.807) is 23.9 Å². The van der Waals surface area contributed by atoms with Gasteiger partial charge in [0.1, 0.15) is 5.25 Å². The summed E-state index contributed by atoms with van der Waals surface area (Å²) in [6.45, 7) is 0. The van der Waals surface area contributed by atoms with Gasteiger partial charge < -0.3 is 5.11 Å². The maximum Gasteiger partial charge on any atom is 0.321 e. The van der Waals surface area contributed by atoms with Crippen LogP contribution in [-0.2, 0) is 4.79 Å². The van der Waals surface area contributed by atoms with Crippen LogP contribution in [0.2, 0.25) is 5.02 Å². The first-order valence-corrected chi connectivity index (χ1v) is 7.12. The summed E-state index contributed by atoms with van der Waals surface area (Å²) >= 11 is 7.47. The molecule has 0 aliphatic heterocycles. The van der Waals surface area contributed by atoms with Crippen LogP contribution in [0.15, 0.2) is 24.3 Å². The number of carboxylic acid groups (broad SMARTS) is 1. The van der Waals surface area contributed by atoms with E-state index < -0.39 is 11.2 Å². The Hall–Kier alpha value is -0.670. The number of thioether (sulfide) groups is 1. The van der Waals surface area contributed by atoms with Crippen LogP contribution < -0.4 is 0 Å². The molecule has 1 aromatic rings. The highest BCUT2D eigenvalue weighted by Crippen LogP contribution is 2.40. The molecule has 1 N–H and O–H groups in total. The molecule has 0 spiro atoms. The molecule has 1 atom stereocenters. The molecule has 92 valence electrons. The minimum absolute atomic E-state index is 0.482. The molecule has 0 radical (unpaired) electrons. The van der Waals surface area contributed by atoms with Crippen molar-refractivity contribution in [2.24, 2.45) is 0 Å². The summed E-state index contributed by atoms with van der Waals surface area (Å²) in [4.78, 5) is 11.3. The molecule has 0 heterocycles. The maximum atomic E-state index is 11.3. The van der Waals surface area contributed by atoms with E-state index >= 15 is 0 Å². The smallest absolute Gasteiger partial charge is 0.321 e. The minimum atomic E-state index is -0.774. The van der Waals surface area contributed by atoms with Crippen LogP contribution >= 0.6 is 23.4 Å². The Morgan fingerprint density at radius 3 is 2.71 bits per heavy atom.